The fourth-order valence-corrected chi connectivity index (χ4v) is 4.46. The molecule has 0 saturated carbocycles. The van der Waals surface area contributed by atoms with E-state index in [0.29, 0.717) is 26.4 Å². The van der Waals surface area contributed by atoms with Gasteiger partial charge < -0.3 is 4.52 Å². The van der Waals surface area contributed by atoms with E-state index in [-0.39, 0.29) is 11.3 Å². The minimum absolute atomic E-state index is 0.197. The van der Waals surface area contributed by atoms with Crippen LogP contribution in [0, 0.1) is 25.2 Å². The molecule has 27 heavy (non-hydrogen) atoms. The molecule has 1 atom stereocenters. The molecule has 138 valence electrons. The highest BCUT2D eigenvalue weighted by atomic mass is 35.5. The Morgan fingerprint density at radius 1 is 1.33 bits per heavy atom. The maximum absolute atomic E-state index is 13.2. The van der Waals surface area contributed by atoms with Crippen LogP contribution in [0.1, 0.15) is 44.5 Å². The van der Waals surface area contributed by atoms with Crippen molar-refractivity contribution in [3.63, 3.8) is 0 Å². The fraction of sp³-hybridized carbons (Fsp3) is 0.263. The number of carbonyl (C=O) groups is 1. The van der Waals surface area contributed by atoms with Gasteiger partial charge in [0, 0.05) is 10.4 Å². The Kier molecular flexibility index (Phi) is 5.66. The molecule has 0 radical (unpaired) electrons. The van der Waals surface area contributed by atoms with Gasteiger partial charge in [-0.25, -0.2) is 4.98 Å². The summed E-state index contributed by atoms with van der Waals surface area (Å²) < 4.78 is 5.25. The number of rotatable bonds is 5. The first-order valence-corrected chi connectivity index (χ1v) is 9.76. The minimum atomic E-state index is -1.05. The number of ketones is 1. The van der Waals surface area contributed by atoms with Gasteiger partial charge in [-0.05, 0) is 32.4 Å². The Hall–Kier alpha value is -2.20. The number of hydrogen-bond acceptors (Lipinski definition) is 6. The Morgan fingerprint density at radius 3 is 2.56 bits per heavy atom. The van der Waals surface area contributed by atoms with Crippen LogP contribution in [0.25, 0.3) is 11.3 Å². The maximum atomic E-state index is 13.2. The molecular weight excluding hydrogens is 405 g/mol. The first-order chi connectivity index (χ1) is 12.9. The second-order valence-electron chi connectivity index (χ2n) is 5.89. The first-order valence-electron chi connectivity index (χ1n) is 8.19. The standard InChI is InChI=1S/C19H15Cl2N3O2S/c1-4-14-10(3)27-19(23-14)11(8-22)18(25)15-9(2)26-24-17(15)16-12(20)6-5-7-13(16)21/h5-7,11H,4H2,1-3H3/t11-/m0/s1. The van der Waals surface area contributed by atoms with Crippen molar-refractivity contribution in [2.24, 2.45) is 0 Å². The summed E-state index contributed by atoms with van der Waals surface area (Å²) in [4.78, 5) is 18.7. The van der Waals surface area contributed by atoms with Crippen molar-refractivity contribution in [3.05, 3.63) is 55.1 Å². The Bertz CT molecular complexity index is 1050. The van der Waals surface area contributed by atoms with E-state index in [4.69, 9.17) is 27.7 Å². The van der Waals surface area contributed by atoms with Gasteiger partial charge in [0.05, 0.1) is 27.4 Å². The highest BCUT2D eigenvalue weighted by Crippen LogP contribution is 2.39. The molecule has 2 aromatic heterocycles. The molecule has 0 saturated heterocycles. The summed E-state index contributed by atoms with van der Waals surface area (Å²) in [5.41, 5.74) is 1.72. The number of nitriles is 1. The largest absolute Gasteiger partial charge is 0.360 e. The van der Waals surface area contributed by atoms with Crippen molar-refractivity contribution >= 4 is 40.3 Å². The molecule has 1 aromatic carbocycles. The van der Waals surface area contributed by atoms with E-state index in [1.807, 2.05) is 13.8 Å². The number of aromatic nitrogens is 2. The second kappa shape index (κ2) is 7.81. The summed E-state index contributed by atoms with van der Waals surface area (Å²) in [5, 5.41) is 14.8. The zero-order chi connectivity index (χ0) is 19.7. The van der Waals surface area contributed by atoms with Crippen LogP contribution >= 0.6 is 34.5 Å². The van der Waals surface area contributed by atoms with Gasteiger partial charge in [0.15, 0.2) is 11.7 Å². The van der Waals surface area contributed by atoms with Crippen LogP contribution in [0.3, 0.4) is 0 Å². The van der Waals surface area contributed by atoms with Gasteiger partial charge in [0.2, 0.25) is 0 Å². The molecule has 0 amide bonds. The lowest BCUT2D eigenvalue weighted by molar-refractivity contribution is 0.0978. The van der Waals surface area contributed by atoms with E-state index in [1.165, 1.54) is 11.3 Å². The van der Waals surface area contributed by atoms with Crippen LogP contribution in [-0.2, 0) is 6.42 Å². The van der Waals surface area contributed by atoms with E-state index < -0.39 is 11.7 Å². The number of aryl methyl sites for hydroxylation is 3. The summed E-state index contributed by atoms with van der Waals surface area (Å²) >= 11 is 13.9. The normalized spacial score (nSPS) is 12.0. The number of nitrogens with zero attached hydrogens (tertiary/aromatic N) is 3. The Morgan fingerprint density at radius 2 is 2.00 bits per heavy atom. The zero-order valence-corrected chi connectivity index (χ0v) is 17.2. The van der Waals surface area contributed by atoms with E-state index in [2.05, 4.69) is 16.2 Å². The predicted octanol–water partition coefficient (Wildman–Crippen LogP) is 5.77. The van der Waals surface area contributed by atoms with Crippen LogP contribution in [0.15, 0.2) is 22.7 Å². The van der Waals surface area contributed by atoms with Gasteiger partial charge in [0.1, 0.15) is 16.5 Å². The van der Waals surface area contributed by atoms with E-state index in [1.54, 1.807) is 25.1 Å². The predicted molar refractivity (Wildman–Crippen MR) is 106 cm³/mol. The van der Waals surface area contributed by atoms with Gasteiger partial charge in [0.25, 0.3) is 0 Å². The molecule has 5 nitrogen and oxygen atoms in total. The number of thiazole rings is 1. The SMILES string of the molecule is CCc1nc([C@@H](C#N)C(=O)c2c(-c3c(Cl)cccc3Cl)noc2C)sc1C. The number of Topliss-reactive ketones (excluding diaryl/α,β-unsaturated/α-hetero) is 1. The van der Waals surface area contributed by atoms with Crippen LogP contribution < -0.4 is 0 Å². The third-order valence-electron chi connectivity index (χ3n) is 4.19. The molecule has 0 spiro atoms. The lowest BCUT2D eigenvalue weighted by Crippen LogP contribution is -2.13. The third-order valence-corrected chi connectivity index (χ3v) is 5.90. The Balaban J connectivity index is 2.12. The van der Waals surface area contributed by atoms with E-state index in [0.717, 1.165) is 17.0 Å². The van der Waals surface area contributed by atoms with E-state index in [9.17, 15) is 10.1 Å². The summed E-state index contributed by atoms with van der Waals surface area (Å²) in [6, 6.07) is 7.08. The smallest absolute Gasteiger partial charge is 0.192 e. The van der Waals surface area contributed by atoms with E-state index >= 15 is 0 Å². The summed E-state index contributed by atoms with van der Waals surface area (Å²) in [7, 11) is 0. The van der Waals surface area contributed by atoms with Crippen LogP contribution in [0.5, 0.6) is 0 Å². The highest BCUT2D eigenvalue weighted by Gasteiger charge is 2.32. The van der Waals surface area contributed by atoms with Crippen molar-refractivity contribution in [1.82, 2.24) is 10.1 Å². The molecule has 3 rings (SSSR count). The maximum Gasteiger partial charge on any atom is 0.192 e. The van der Waals surface area contributed by atoms with Crippen LogP contribution in [-0.4, -0.2) is 15.9 Å². The number of carbonyl (C=O) groups excluding carboxylic acids is 1. The van der Waals surface area contributed by atoms with Gasteiger partial charge in [-0.15, -0.1) is 11.3 Å². The van der Waals surface area contributed by atoms with Gasteiger partial charge in [-0.1, -0.05) is 41.3 Å². The Labute approximate surface area is 170 Å². The lowest BCUT2D eigenvalue weighted by atomic mass is 9.95. The van der Waals surface area contributed by atoms with Crippen molar-refractivity contribution in [1.29, 1.82) is 5.26 Å². The number of hydrogen-bond donors (Lipinski definition) is 0. The summed E-state index contributed by atoms with van der Waals surface area (Å²) in [5.74, 6) is -1.18. The molecule has 3 aromatic rings. The molecular formula is C19H15Cl2N3O2S. The molecule has 0 aliphatic carbocycles. The summed E-state index contributed by atoms with van der Waals surface area (Å²) in [6.07, 6.45) is 0.738. The monoisotopic (exact) mass is 419 g/mol. The van der Waals surface area contributed by atoms with Crippen molar-refractivity contribution < 1.29 is 9.32 Å². The number of halogens is 2. The molecule has 0 fully saturated rings. The van der Waals surface area contributed by atoms with Crippen LogP contribution in [0.2, 0.25) is 10.0 Å². The van der Waals surface area contributed by atoms with Crippen LogP contribution in [0.4, 0.5) is 0 Å². The third kappa shape index (κ3) is 3.51. The number of benzene rings is 1. The molecule has 0 unspecified atom stereocenters. The molecule has 0 N–H and O–H groups in total. The minimum Gasteiger partial charge on any atom is -0.360 e. The molecule has 0 aliphatic rings. The topological polar surface area (TPSA) is 79.8 Å². The molecule has 0 aliphatic heterocycles. The van der Waals surface area contributed by atoms with Gasteiger partial charge >= 0.3 is 0 Å². The van der Waals surface area contributed by atoms with Crippen molar-refractivity contribution in [2.75, 3.05) is 0 Å². The van der Waals surface area contributed by atoms with Crippen molar-refractivity contribution in [2.45, 2.75) is 33.1 Å². The van der Waals surface area contributed by atoms with Crippen molar-refractivity contribution in [3.8, 4) is 17.3 Å². The lowest BCUT2D eigenvalue weighted by Gasteiger charge is -2.08. The summed E-state index contributed by atoms with van der Waals surface area (Å²) in [6.45, 7) is 5.53. The quantitative estimate of drug-likeness (QED) is 0.489. The molecule has 0 bridgehead atoms. The average Bonchev–Trinajstić information content (AvgIpc) is 3.18. The van der Waals surface area contributed by atoms with Gasteiger partial charge in [-0.2, -0.15) is 5.26 Å². The highest BCUT2D eigenvalue weighted by molar-refractivity contribution is 7.12. The molecule has 2 heterocycles. The average molecular weight is 420 g/mol. The first kappa shape index (κ1) is 19.6. The molecule has 8 heteroatoms. The second-order valence-corrected chi connectivity index (χ2v) is 7.94. The van der Waals surface area contributed by atoms with Gasteiger partial charge in [-0.3, -0.25) is 4.79 Å². The fourth-order valence-electron chi connectivity index (χ4n) is 2.83. The zero-order valence-electron chi connectivity index (χ0n) is 14.8.